The first kappa shape index (κ1) is 20.3. The molecule has 146 valence electrons. The Morgan fingerprint density at radius 3 is 2.50 bits per heavy atom. The number of rotatable bonds is 7. The lowest BCUT2D eigenvalue weighted by atomic mass is 10.1. The predicted octanol–water partition coefficient (Wildman–Crippen LogP) is 5.02. The van der Waals surface area contributed by atoms with Crippen LogP contribution < -0.4 is 10.6 Å². The molecule has 3 aromatic rings. The SMILES string of the molecule is CC(C)[C@@H](CO)Nc1nc(Nc2cccc(Cl)c2Cl)cc(-c2ccncc2)n1. The second kappa shape index (κ2) is 9.19. The van der Waals surface area contributed by atoms with E-state index in [2.05, 4.69) is 25.6 Å². The Labute approximate surface area is 174 Å². The summed E-state index contributed by atoms with van der Waals surface area (Å²) in [5.41, 5.74) is 2.24. The molecule has 0 aliphatic heterocycles. The second-order valence-corrected chi connectivity index (χ2v) is 7.39. The predicted molar refractivity (Wildman–Crippen MR) is 114 cm³/mol. The monoisotopic (exact) mass is 417 g/mol. The van der Waals surface area contributed by atoms with Crippen molar-refractivity contribution in [1.82, 2.24) is 15.0 Å². The van der Waals surface area contributed by atoms with E-state index in [1.807, 2.05) is 38.1 Å². The quantitative estimate of drug-likeness (QED) is 0.500. The fourth-order valence-electron chi connectivity index (χ4n) is 2.57. The number of aliphatic hydroxyl groups excluding tert-OH is 1. The Hall–Kier alpha value is -2.41. The van der Waals surface area contributed by atoms with E-state index >= 15 is 0 Å². The average Bonchev–Trinajstić information content (AvgIpc) is 2.70. The fraction of sp³-hybridized carbons (Fsp3) is 0.250. The molecule has 6 nitrogen and oxygen atoms in total. The number of anilines is 3. The van der Waals surface area contributed by atoms with Crippen molar-refractivity contribution < 1.29 is 5.11 Å². The molecule has 3 N–H and O–H groups in total. The number of pyridine rings is 1. The maximum absolute atomic E-state index is 9.64. The molecule has 8 heteroatoms. The summed E-state index contributed by atoms with van der Waals surface area (Å²) >= 11 is 12.4. The van der Waals surface area contributed by atoms with Crippen LogP contribution in [0.2, 0.25) is 10.0 Å². The first-order chi connectivity index (χ1) is 13.5. The zero-order valence-electron chi connectivity index (χ0n) is 15.5. The minimum absolute atomic E-state index is 0.0244. The summed E-state index contributed by atoms with van der Waals surface area (Å²) in [6.07, 6.45) is 3.41. The summed E-state index contributed by atoms with van der Waals surface area (Å²) < 4.78 is 0. The molecule has 0 saturated heterocycles. The maximum atomic E-state index is 9.64. The molecule has 0 amide bonds. The number of benzene rings is 1. The van der Waals surface area contributed by atoms with Crippen LogP contribution in [0.5, 0.6) is 0 Å². The normalized spacial score (nSPS) is 12.1. The summed E-state index contributed by atoms with van der Waals surface area (Å²) in [4.78, 5) is 13.2. The van der Waals surface area contributed by atoms with Gasteiger partial charge in [-0.05, 0) is 30.2 Å². The van der Waals surface area contributed by atoms with E-state index in [0.717, 1.165) is 5.56 Å². The average molecular weight is 418 g/mol. The van der Waals surface area contributed by atoms with Gasteiger partial charge in [0.2, 0.25) is 5.95 Å². The van der Waals surface area contributed by atoms with Crippen LogP contribution in [-0.4, -0.2) is 32.7 Å². The van der Waals surface area contributed by atoms with E-state index in [9.17, 15) is 5.11 Å². The topological polar surface area (TPSA) is 83.0 Å². The van der Waals surface area contributed by atoms with Gasteiger partial charge in [0.25, 0.3) is 0 Å². The van der Waals surface area contributed by atoms with Gasteiger partial charge in [-0.1, -0.05) is 43.1 Å². The third-order valence-corrected chi connectivity index (χ3v) is 5.05. The summed E-state index contributed by atoms with van der Waals surface area (Å²) in [6, 6.07) is 10.7. The zero-order chi connectivity index (χ0) is 20.1. The Morgan fingerprint density at radius 2 is 1.82 bits per heavy atom. The number of aliphatic hydroxyl groups is 1. The number of halogens is 2. The Balaban J connectivity index is 2.00. The lowest BCUT2D eigenvalue weighted by Gasteiger charge is -2.21. The van der Waals surface area contributed by atoms with Gasteiger partial charge in [-0.15, -0.1) is 0 Å². The molecule has 1 atom stereocenters. The lowest BCUT2D eigenvalue weighted by Crippen LogP contribution is -2.30. The summed E-state index contributed by atoms with van der Waals surface area (Å²) in [6.45, 7) is 4.01. The van der Waals surface area contributed by atoms with Crippen molar-refractivity contribution in [3.63, 3.8) is 0 Å². The van der Waals surface area contributed by atoms with Crippen molar-refractivity contribution in [1.29, 1.82) is 0 Å². The van der Waals surface area contributed by atoms with E-state index in [-0.39, 0.29) is 18.6 Å². The van der Waals surface area contributed by atoms with Crippen molar-refractivity contribution in [3.8, 4) is 11.3 Å². The highest BCUT2D eigenvalue weighted by molar-refractivity contribution is 6.43. The highest BCUT2D eigenvalue weighted by Crippen LogP contribution is 2.32. The first-order valence-corrected chi connectivity index (χ1v) is 9.61. The molecule has 0 unspecified atom stereocenters. The number of nitrogens with one attached hydrogen (secondary N) is 2. The molecule has 0 fully saturated rings. The van der Waals surface area contributed by atoms with Gasteiger partial charge in [0.15, 0.2) is 0 Å². The third kappa shape index (κ3) is 4.90. The van der Waals surface area contributed by atoms with Crippen LogP contribution >= 0.6 is 23.2 Å². The van der Waals surface area contributed by atoms with Crippen molar-refractivity contribution in [3.05, 3.63) is 58.8 Å². The third-order valence-electron chi connectivity index (χ3n) is 4.23. The van der Waals surface area contributed by atoms with Gasteiger partial charge < -0.3 is 15.7 Å². The summed E-state index contributed by atoms with van der Waals surface area (Å²) in [5.74, 6) is 1.16. The van der Waals surface area contributed by atoms with Crippen molar-refractivity contribution in [2.75, 3.05) is 17.2 Å². The van der Waals surface area contributed by atoms with Crippen LogP contribution in [-0.2, 0) is 0 Å². The van der Waals surface area contributed by atoms with Gasteiger partial charge in [0.05, 0.1) is 34.1 Å². The van der Waals surface area contributed by atoms with Gasteiger partial charge in [0.1, 0.15) is 5.82 Å². The minimum atomic E-state index is -0.171. The fourth-order valence-corrected chi connectivity index (χ4v) is 2.92. The Bertz CT molecular complexity index is 937. The first-order valence-electron chi connectivity index (χ1n) is 8.86. The molecular formula is C20H21Cl2N5O. The number of hydrogen-bond donors (Lipinski definition) is 3. The molecular weight excluding hydrogens is 397 g/mol. The van der Waals surface area contributed by atoms with Crippen LogP contribution in [0.1, 0.15) is 13.8 Å². The van der Waals surface area contributed by atoms with Crippen LogP contribution in [0.3, 0.4) is 0 Å². The summed E-state index contributed by atoms with van der Waals surface area (Å²) in [5, 5.41) is 16.9. The number of aromatic nitrogens is 3. The highest BCUT2D eigenvalue weighted by atomic mass is 35.5. The molecule has 0 aliphatic rings. The molecule has 0 spiro atoms. The molecule has 0 saturated carbocycles. The van der Waals surface area contributed by atoms with Gasteiger partial charge in [-0.2, -0.15) is 4.98 Å². The Kier molecular flexibility index (Phi) is 6.67. The maximum Gasteiger partial charge on any atom is 0.225 e. The number of hydrogen-bond acceptors (Lipinski definition) is 6. The van der Waals surface area contributed by atoms with Crippen molar-refractivity contribution in [2.45, 2.75) is 19.9 Å². The molecule has 0 bridgehead atoms. The van der Waals surface area contributed by atoms with E-state index < -0.39 is 0 Å². The van der Waals surface area contributed by atoms with Crippen molar-refractivity contribution >= 4 is 40.7 Å². The largest absolute Gasteiger partial charge is 0.394 e. The molecule has 28 heavy (non-hydrogen) atoms. The van der Waals surface area contributed by atoms with Crippen LogP contribution in [0.25, 0.3) is 11.3 Å². The zero-order valence-corrected chi connectivity index (χ0v) is 17.0. The molecule has 2 aromatic heterocycles. The highest BCUT2D eigenvalue weighted by Gasteiger charge is 2.15. The summed E-state index contributed by atoms with van der Waals surface area (Å²) in [7, 11) is 0. The van der Waals surface area contributed by atoms with Crippen LogP contribution in [0.4, 0.5) is 17.5 Å². The molecule has 1 aromatic carbocycles. The van der Waals surface area contributed by atoms with Crippen molar-refractivity contribution in [2.24, 2.45) is 5.92 Å². The second-order valence-electron chi connectivity index (χ2n) is 6.60. The number of nitrogens with zero attached hydrogens (tertiary/aromatic N) is 3. The minimum Gasteiger partial charge on any atom is -0.394 e. The van der Waals surface area contributed by atoms with Gasteiger partial charge in [-0.25, -0.2) is 4.98 Å². The van der Waals surface area contributed by atoms with Crippen LogP contribution in [0, 0.1) is 5.92 Å². The molecule has 0 aliphatic carbocycles. The van der Waals surface area contributed by atoms with Gasteiger partial charge in [-0.3, -0.25) is 4.98 Å². The Morgan fingerprint density at radius 1 is 1.07 bits per heavy atom. The van der Waals surface area contributed by atoms with Crippen LogP contribution in [0.15, 0.2) is 48.8 Å². The van der Waals surface area contributed by atoms with E-state index in [1.54, 1.807) is 24.5 Å². The smallest absolute Gasteiger partial charge is 0.225 e. The van der Waals surface area contributed by atoms with E-state index in [1.165, 1.54) is 0 Å². The van der Waals surface area contributed by atoms with Gasteiger partial charge >= 0.3 is 0 Å². The molecule has 2 heterocycles. The van der Waals surface area contributed by atoms with E-state index in [4.69, 9.17) is 23.2 Å². The lowest BCUT2D eigenvalue weighted by molar-refractivity contribution is 0.248. The van der Waals surface area contributed by atoms with Gasteiger partial charge in [0, 0.05) is 24.0 Å². The molecule has 3 rings (SSSR count). The van der Waals surface area contributed by atoms with E-state index in [0.29, 0.717) is 33.2 Å². The standard InChI is InChI=1S/C20H21Cl2N5O/c1-12(2)17(11-28)26-20-25-16(13-6-8-23-9-7-13)10-18(27-20)24-15-5-3-4-14(21)19(15)22/h3-10,12,17,28H,11H2,1-2H3,(H2,24,25,26,27)/t17-/m1/s1. The molecule has 0 radical (unpaired) electrons.